The third kappa shape index (κ3) is 1.59. The summed E-state index contributed by atoms with van der Waals surface area (Å²) in [5, 5.41) is 0. The van der Waals surface area contributed by atoms with Crippen LogP contribution in [0.15, 0.2) is 48.5 Å². The first kappa shape index (κ1) is 10.3. The van der Waals surface area contributed by atoms with E-state index in [1.54, 1.807) is 6.92 Å². The monoisotopic (exact) mass is 222 g/mol. The third-order valence-electron chi connectivity index (χ3n) is 3.45. The molecule has 0 heterocycles. The molecule has 0 bridgehead atoms. The van der Waals surface area contributed by atoms with Gasteiger partial charge in [0.25, 0.3) is 0 Å². The van der Waals surface area contributed by atoms with Crippen molar-refractivity contribution >= 4 is 5.78 Å². The predicted molar refractivity (Wildman–Crippen MR) is 69.0 cm³/mol. The van der Waals surface area contributed by atoms with E-state index < -0.39 is 0 Å². The molecule has 17 heavy (non-hydrogen) atoms. The first-order chi connectivity index (χ1) is 8.27. The van der Waals surface area contributed by atoms with Gasteiger partial charge in [-0.15, -0.1) is 0 Å². The van der Waals surface area contributed by atoms with Crippen LogP contribution in [0.4, 0.5) is 0 Å². The highest BCUT2D eigenvalue weighted by molar-refractivity contribution is 5.83. The fraction of sp³-hybridized carbons (Fsp3) is 0.188. The molecule has 0 aromatic heterocycles. The van der Waals surface area contributed by atoms with Crippen LogP contribution < -0.4 is 0 Å². The topological polar surface area (TPSA) is 17.1 Å². The van der Waals surface area contributed by atoms with Crippen LogP contribution in [0.3, 0.4) is 0 Å². The number of hydrogen-bond donors (Lipinski definition) is 0. The average molecular weight is 222 g/mol. The number of Topliss-reactive ketones (excluding diaryl/α,β-unsaturated/α-hetero) is 1. The molecule has 0 unspecified atom stereocenters. The van der Waals surface area contributed by atoms with Crippen LogP contribution in [0.1, 0.15) is 30.4 Å². The molecule has 2 aromatic rings. The van der Waals surface area contributed by atoms with Gasteiger partial charge < -0.3 is 0 Å². The van der Waals surface area contributed by atoms with Gasteiger partial charge >= 0.3 is 0 Å². The summed E-state index contributed by atoms with van der Waals surface area (Å²) >= 11 is 0. The first-order valence-corrected chi connectivity index (χ1v) is 5.95. The molecule has 1 aliphatic carbocycles. The Bertz CT molecular complexity index is 538. The number of fused-ring (bicyclic) bond motifs is 3. The highest BCUT2D eigenvalue weighted by atomic mass is 16.1. The predicted octanol–water partition coefficient (Wildman–Crippen LogP) is 3.78. The molecular weight excluding hydrogens is 208 g/mol. The second kappa shape index (κ2) is 3.85. The number of carbonyl (C=O) groups is 1. The number of ketones is 1. The largest absolute Gasteiger partial charge is 0.300 e. The van der Waals surface area contributed by atoms with Crippen LogP contribution in [0.5, 0.6) is 0 Å². The van der Waals surface area contributed by atoms with Gasteiger partial charge in [0.1, 0.15) is 5.78 Å². The lowest BCUT2D eigenvalue weighted by atomic mass is 9.92. The van der Waals surface area contributed by atoms with Crippen molar-refractivity contribution in [3.63, 3.8) is 0 Å². The molecule has 0 saturated heterocycles. The minimum absolute atomic E-state index is 0.250. The van der Waals surface area contributed by atoms with Gasteiger partial charge in [-0.1, -0.05) is 48.5 Å². The highest BCUT2D eigenvalue weighted by Crippen LogP contribution is 2.45. The van der Waals surface area contributed by atoms with Gasteiger partial charge in [-0.05, 0) is 29.2 Å². The second-order valence-electron chi connectivity index (χ2n) is 4.63. The summed E-state index contributed by atoms with van der Waals surface area (Å²) < 4.78 is 0. The van der Waals surface area contributed by atoms with Crippen LogP contribution in [0, 0.1) is 0 Å². The van der Waals surface area contributed by atoms with Gasteiger partial charge in [-0.25, -0.2) is 0 Å². The molecule has 0 atom stereocenters. The maximum Gasteiger partial charge on any atom is 0.130 e. The Labute approximate surface area is 101 Å². The Morgan fingerprint density at radius 1 is 0.941 bits per heavy atom. The summed E-state index contributed by atoms with van der Waals surface area (Å²) in [5.74, 6) is 0.501. The van der Waals surface area contributed by atoms with Gasteiger partial charge in [0.15, 0.2) is 0 Å². The lowest BCUT2D eigenvalue weighted by Gasteiger charge is -2.10. The van der Waals surface area contributed by atoms with Crippen molar-refractivity contribution in [3.05, 3.63) is 59.7 Å². The zero-order chi connectivity index (χ0) is 11.8. The zero-order valence-corrected chi connectivity index (χ0v) is 9.81. The van der Waals surface area contributed by atoms with E-state index in [9.17, 15) is 4.79 Å². The molecule has 0 aliphatic heterocycles. The molecule has 0 N–H and O–H groups in total. The fourth-order valence-corrected chi connectivity index (χ4v) is 2.77. The molecule has 2 aromatic carbocycles. The summed E-state index contributed by atoms with van der Waals surface area (Å²) in [6, 6.07) is 16.8. The summed E-state index contributed by atoms with van der Waals surface area (Å²) in [6.07, 6.45) is 0.605. The van der Waals surface area contributed by atoms with Gasteiger partial charge in [0.05, 0.1) is 0 Å². The molecule has 3 rings (SSSR count). The van der Waals surface area contributed by atoms with Crippen molar-refractivity contribution in [1.82, 2.24) is 0 Å². The van der Waals surface area contributed by atoms with Crippen molar-refractivity contribution < 1.29 is 4.79 Å². The number of hydrogen-bond acceptors (Lipinski definition) is 1. The first-order valence-electron chi connectivity index (χ1n) is 5.95. The normalized spacial score (nSPS) is 13.2. The van der Waals surface area contributed by atoms with Crippen LogP contribution >= 0.6 is 0 Å². The molecule has 0 fully saturated rings. The summed E-state index contributed by atoms with van der Waals surface area (Å²) in [5.41, 5.74) is 5.16. The number of rotatable bonds is 2. The Hall–Kier alpha value is -1.89. The van der Waals surface area contributed by atoms with Gasteiger partial charge in [-0.3, -0.25) is 4.79 Å². The highest BCUT2D eigenvalue weighted by Gasteiger charge is 2.28. The maximum absolute atomic E-state index is 11.4. The van der Waals surface area contributed by atoms with Crippen molar-refractivity contribution in [2.75, 3.05) is 0 Å². The van der Waals surface area contributed by atoms with Crippen LogP contribution in [-0.2, 0) is 4.79 Å². The van der Waals surface area contributed by atoms with E-state index in [0.29, 0.717) is 6.42 Å². The average Bonchev–Trinajstić information content (AvgIpc) is 2.65. The van der Waals surface area contributed by atoms with Crippen molar-refractivity contribution in [1.29, 1.82) is 0 Å². The lowest BCUT2D eigenvalue weighted by Crippen LogP contribution is -2.02. The minimum atomic E-state index is 0.250. The molecule has 84 valence electrons. The van der Waals surface area contributed by atoms with Gasteiger partial charge in [0.2, 0.25) is 0 Å². The quantitative estimate of drug-likeness (QED) is 0.755. The van der Waals surface area contributed by atoms with E-state index in [2.05, 4.69) is 48.5 Å². The summed E-state index contributed by atoms with van der Waals surface area (Å²) in [6.45, 7) is 1.67. The molecule has 1 heteroatoms. The van der Waals surface area contributed by atoms with Crippen LogP contribution in [0.25, 0.3) is 11.1 Å². The van der Waals surface area contributed by atoms with E-state index in [-0.39, 0.29) is 11.7 Å². The molecule has 0 amide bonds. The Morgan fingerprint density at radius 3 is 1.88 bits per heavy atom. The molecular formula is C16H14O. The van der Waals surface area contributed by atoms with Crippen LogP contribution in [-0.4, -0.2) is 5.78 Å². The fourth-order valence-electron chi connectivity index (χ4n) is 2.77. The SMILES string of the molecule is CC(=O)CC1c2ccccc2-c2ccccc21. The van der Waals surface area contributed by atoms with Gasteiger partial charge in [-0.2, -0.15) is 0 Å². The van der Waals surface area contributed by atoms with Crippen molar-refractivity contribution in [2.45, 2.75) is 19.3 Å². The number of carbonyl (C=O) groups excluding carboxylic acids is 1. The zero-order valence-electron chi connectivity index (χ0n) is 9.81. The molecule has 0 spiro atoms. The van der Waals surface area contributed by atoms with E-state index in [0.717, 1.165) is 0 Å². The van der Waals surface area contributed by atoms with Crippen LogP contribution in [0.2, 0.25) is 0 Å². The third-order valence-corrected chi connectivity index (χ3v) is 3.45. The van der Waals surface area contributed by atoms with Gasteiger partial charge in [0, 0.05) is 12.3 Å². The maximum atomic E-state index is 11.4. The van der Waals surface area contributed by atoms with E-state index in [4.69, 9.17) is 0 Å². The standard InChI is InChI=1S/C16H14O/c1-11(17)10-16-14-8-4-2-6-12(14)13-7-3-5-9-15(13)16/h2-9,16H,10H2,1H3. The molecule has 1 aliphatic rings. The summed E-state index contributed by atoms with van der Waals surface area (Å²) in [7, 11) is 0. The van der Waals surface area contributed by atoms with Crippen molar-refractivity contribution in [3.8, 4) is 11.1 Å². The second-order valence-corrected chi connectivity index (χ2v) is 4.63. The van der Waals surface area contributed by atoms with E-state index in [1.165, 1.54) is 22.3 Å². The Morgan fingerprint density at radius 2 is 1.41 bits per heavy atom. The summed E-state index contributed by atoms with van der Waals surface area (Å²) in [4.78, 5) is 11.4. The molecule has 0 saturated carbocycles. The minimum Gasteiger partial charge on any atom is -0.300 e. The smallest absolute Gasteiger partial charge is 0.130 e. The number of benzene rings is 2. The molecule has 0 radical (unpaired) electrons. The Balaban J connectivity index is 2.20. The van der Waals surface area contributed by atoms with Crippen molar-refractivity contribution in [2.24, 2.45) is 0 Å². The molecule has 1 nitrogen and oxygen atoms in total. The van der Waals surface area contributed by atoms with E-state index >= 15 is 0 Å². The lowest BCUT2D eigenvalue weighted by molar-refractivity contribution is -0.117. The van der Waals surface area contributed by atoms with E-state index in [1.807, 2.05) is 0 Å². The Kier molecular flexibility index (Phi) is 2.32.